The van der Waals surface area contributed by atoms with E-state index in [0.717, 1.165) is 17.8 Å². The van der Waals surface area contributed by atoms with Gasteiger partial charge in [-0.05, 0) is 39.3 Å². The van der Waals surface area contributed by atoms with Gasteiger partial charge in [0.2, 0.25) is 5.91 Å². The van der Waals surface area contributed by atoms with E-state index in [1.54, 1.807) is 11.6 Å². The first-order valence-electron chi connectivity index (χ1n) is 8.76. The number of rotatable bonds is 8. The SMILES string of the molecule is CCCC(NC(C)C(=O)Nc1c(C)nn(-c2ccccc2)c1C)C(=O)O. The number of anilines is 1. The fraction of sp³-hybridized carbons (Fsp3) is 0.421. The number of aromatic nitrogens is 2. The van der Waals surface area contributed by atoms with E-state index in [-0.39, 0.29) is 5.91 Å². The van der Waals surface area contributed by atoms with Gasteiger partial charge in [-0.3, -0.25) is 14.9 Å². The first-order chi connectivity index (χ1) is 12.3. The van der Waals surface area contributed by atoms with Crippen molar-refractivity contribution in [2.24, 2.45) is 0 Å². The smallest absolute Gasteiger partial charge is 0.320 e. The lowest BCUT2D eigenvalue weighted by molar-refractivity contribution is -0.140. The molecular formula is C19H26N4O3. The van der Waals surface area contributed by atoms with E-state index < -0.39 is 18.1 Å². The van der Waals surface area contributed by atoms with Crippen molar-refractivity contribution in [1.29, 1.82) is 0 Å². The summed E-state index contributed by atoms with van der Waals surface area (Å²) in [5.74, 6) is -1.23. The second kappa shape index (κ2) is 8.62. The highest BCUT2D eigenvalue weighted by molar-refractivity contribution is 5.96. The molecule has 2 rings (SSSR count). The van der Waals surface area contributed by atoms with Gasteiger partial charge in [-0.15, -0.1) is 0 Å². The summed E-state index contributed by atoms with van der Waals surface area (Å²) in [4.78, 5) is 23.8. The number of carboxylic acid groups (broad SMARTS) is 1. The van der Waals surface area contributed by atoms with Crippen LogP contribution >= 0.6 is 0 Å². The summed E-state index contributed by atoms with van der Waals surface area (Å²) >= 11 is 0. The van der Waals surface area contributed by atoms with Gasteiger partial charge in [0.1, 0.15) is 6.04 Å². The number of aryl methyl sites for hydroxylation is 1. The summed E-state index contributed by atoms with van der Waals surface area (Å²) in [6, 6.07) is 8.29. The van der Waals surface area contributed by atoms with E-state index in [9.17, 15) is 14.7 Å². The van der Waals surface area contributed by atoms with Crippen molar-refractivity contribution in [1.82, 2.24) is 15.1 Å². The van der Waals surface area contributed by atoms with Crippen molar-refractivity contribution in [3.8, 4) is 5.69 Å². The maximum Gasteiger partial charge on any atom is 0.320 e. The quantitative estimate of drug-likeness (QED) is 0.674. The third kappa shape index (κ3) is 4.49. The van der Waals surface area contributed by atoms with Crippen molar-refractivity contribution < 1.29 is 14.7 Å². The lowest BCUT2D eigenvalue weighted by Crippen LogP contribution is -2.47. The van der Waals surface area contributed by atoms with Gasteiger partial charge in [-0.1, -0.05) is 31.5 Å². The van der Waals surface area contributed by atoms with Crippen LogP contribution in [0.25, 0.3) is 5.69 Å². The Labute approximate surface area is 153 Å². The van der Waals surface area contributed by atoms with Gasteiger partial charge in [0.25, 0.3) is 0 Å². The Morgan fingerprint density at radius 1 is 1.23 bits per heavy atom. The molecule has 0 spiro atoms. The van der Waals surface area contributed by atoms with Gasteiger partial charge < -0.3 is 10.4 Å². The Hall–Kier alpha value is -2.67. The summed E-state index contributed by atoms with van der Waals surface area (Å²) in [5.41, 5.74) is 3.08. The molecule has 1 aromatic carbocycles. The summed E-state index contributed by atoms with van der Waals surface area (Å²) in [5, 5.41) is 19.5. The summed E-state index contributed by atoms with van der Waals surface area (Å²) in [6.07, 6.45) is 1.19. The first-order valence-corrected chi connectivity index (χ1v) is 8.76. The fourth-order valence-corrected chi connectivity index (χ4v) is 2.82. The number of benzene rings is 1. The lowest BCUT2D eigenvalue weighted by atomic mass is 10.1. The maximum atomic E-state index is 12.5. The molecule has 26 heavy (non-hydrogen) atoms. The minimum Gasteiger partial charge on any atom is -0.480 e. The number of amides is 1. The Morgan fingerprint density at radius 2 is 1.88 bits per heavy atom. The van der Waals surface area contributed by atoms with Crippen LogP contribution in [0.15, 0.2) is 30.3 Å². The summed E-state index contributed by atoms with van der Waals surface area (Å²) in [6.45, 7) is 7.29. The van der Waals surface area contributed by atoms with E-state index in [1.165, 1.54) is 0 Å². The third-order valence-corrected chi connectivity index (χ3v) is 4.26. The molecule has 0 fully saturated rings. The van der Waals surface area contributed by atoms with Crippen LogP contribution in [0.1, 0.15) is 38.1 Å². The Kier molecular flexibility index (Phi) is 6.52. The molecule has 3 N–H and O–H groups in total. The van der Waals surface area contributed by atoms with Crippen molar-refractivity contribution in [3.05, 3.63) is 41.7 Å². The highest BCUT2D eigenvalue weighted by Gasteiger charge is 2.24. The molecule has 1 heterocycles. The largest absolute Gasteiger partial charge is 0.480 e. The number of hydrogen-bond donors (Lipinski definition) is 3. The molecule has 0 aliphatic rings. The van der Waals surface area contributed by atoms with Crippen molar-refractivity contribution in [3.63, 3.8) is 0 Å². The minimum absolute atomic E-state index is 0.286. The van der Waals surface area contributed by atoms with Crippen LogP contribution in [0, 0.1) is 13.8 Å². The van der Waals surface area contributed by atoms with Crippen LogP contribution in [0.4, 0.5) is 5.69 Å². The van der Waals surface area contributed by atoms with E-state index >= 15 is 0 Å². The minimum atomic E-state index is -0.948. The second-order valence-electron chi connectivity index (χ2n) is 6.35. The van der Waals surface area contributed by atoms with Gasteiger partial charge in [-0.25, -0.2) is 4.68 Å². The highest BCUT2D eigenvalue weighted by Crippen LogP contribution is 2.22. The molecule has 2 atom stereocenters. The van der Waals surface area contributed by atoms with E-state index in [4.69, 9.17) is 0 Å². The first kappa shape index (κ1) is 19.7. The Morgan fingerprint density at radius 3 is 2.46 bits per heavy atom. The van der Waals surface area contributed by atoms with E-state index in [2.05, 4.69) is 15.7 Å². The highest BCUT2D eigenvalue weighted by atomic mass is 16.4. The molecule has 1 amide bonds. The van der Waals surface area contributed by atoms with Crippen LogP contribution in [0.3, 0.4) is 0 Å². The fourth-order valence-electron chi connectivity index (χ4n) is 2.82. The Balaban J connectivity index is 2.14. The Bertz CT molecular complexity index is 771. The second-order valence-corrected chi connectivity index (χ2v) is 6.35. The van der Waals surface area contributed by atoms with Crippen molar-refractivity contribution >= 4 is 17.6 Å². The number of hydrogen-bond acceptors (Lipinski definition) is 4. The van der Waals surface area contributed by atoms with Gasteiger partial charge in [0, 0.05) is 0 Å². The van der Waals surface area contributed by atoms with Crippen LogP contribution in [0.2, 0.25) is 0 Å². The van der Waals surface area contributed by atoms with E-state index in [1.807, 2.05) is 51.1 Å². The molecule has 0 saturated carbocycles. The van der Waals surface area contributed by atoms with Crippen molar-refractivity contribution in [2.45, 2.75) is 52.6 Å². The monoisotopic (exact) mass is 358 g/mol. The number of carbonyl (C=O) groups excluding carboxylic acids is 1. The third-order valence-electron chi connectivity index (χ3n) is 4.26. The zero-order valence-electron chi connectivity index (χ0n) is 15.6. The molecule has 0 radical (unpaired) electrons. The van der Waals surface area contributed by atoms with Crippen LogP contribution in [-0.4, -0.2) is 38.8 Å². The molecule has 1 aromatic heterocycles. The molecule has 0 aliphatic heterocycles. The molecule has 2 aromatic rings. The van der Waals surface area contributed by atoms with Crippen LogP contribution < -0.4 is 10.6 Å². The number of carboxylic acids is 1. The predicted octanol–water partition coefficient (Wildman–Crippen LogP) is 2.66. The van der Waals surface area contributed by atoms with Gasteiger partial charge in [0.05, 0.1) is 28.8 Å². The number of para-hydroxylation sites is 1. The average molecular weight is 358 g/mol. The van der Waals surface area contributed by atoms with Gasteiger partial charge in [-0.2, -0.15) is 5.10 Å². The van der Waals surface area contributed by atoms with Crippen LogP contribution in [-0.2, 0) is 9.59 Å². The zero-order valence-corrected chi connectivity index (χ0v) is 15.6. The lowest BCUT2D eigenvalue weighted by Gasteiger charge is -2.19. The van der Waals surface area contributed by atoms with E-state index in [0.29, 0.717) is 17.8 Å². The molecule has 2 unspecified atom stereocenters. The standard InChI is InChI=1S/C19H26N4O3/c1-5-9-16(19(25)26)20-13(3)18(24)21-17-12(2)22-23(14(17)4)15-10-7-6-8-11-15/h6-8,10-11,13,16,20H,5,9H2,1-4H3,(H,21,24)(H,25,26). The van der Waals surface area contributed by atoms with Crippen molar-refractivity contribution in [2.75, 3.05) is 5.32 Å². The molecular weight excluding hydrogens is 332 g/mol. The zero-order chi connectivity index (χ0) is 19.3. The molecule has 0 bridgehead atoms. The topological polar surface area (TPSA) is 96.3 Å². The van der Waals surface area contributed by atoms with Crippen LogP contribution in [0.5, 0.6) is 0 Å². The summed E-state index contributed by atoms with van der Waals surface area (Å²) < 4.78 is 1.78. The maximum absolute atomic E-state index is 12.5. The number of nitrogens with zero attached hydrogens (tertiary/aromatic N) is 2. The molecule has 0 aliphatic carbocycles. The summed E-state index contributed by atoms with van der Waals surface area (Å²) in [7, 11) is 0. The molecule has 7 nitrogen and oxygen atoms in total. The average Bonchev–Trinajstić information content (AvgIpc) is 2.90. The van der Waals surface area contributed by atoms with Gasteiger partial charge in [0.15, 0.2) is 0 Å². The number of aliphatic carboxylic acids is 1. The molecule has 0 saturated heterocycles. The van der Waals surface area contributed by atoms with Gasteiger partial charge >= 0.3 is 5.97 Å². The number of nitrogens with one attached hydrogen (secondary N) is 2. The molecule has 7 heteroatoms. The normalized spacial score (nSPS) is 13.2. The predicted molar refractivity (Wildman–Crippen MR) is 101 cm³/mol. The number of carbonyl (C=O) groups is 2. The molecule has 140 valence electrons.